The van der Waals surface area contributed by atoms with Crippen LogP contribution in [0.5, 0.6) is 0 Å². The highest BCUT2D eigenvalue weighted by Gasteiger charge is 2.41. The second-order valence-corrected chi connectivity index (χ2v) is 7.37. The van der Waals surface area contributed by atoms with Crippen molar-refractivity contribution in [2.45, 2.75) is 39.5 Å². The first-order valence-corrected chi connectivity index (χ1v) is 7.57. The molecule has 1 aliphatic carbocycles. The maximum atomic E-state index is 5.83. The van der Waals surface area contributed by atoms with Crippen LogP contribution in [-0.4, -0.2) is 44.7 Å². The van der Waals surface area contributed by atoms with Crippen molar-refractivity contribution < 1.29 is 0 Å². The summed E-state index contributed by atoms with van der Waals surface area (Å²) in [6.07, 6.45) is 5.36. The lowest BCUT2D eigenvalue weighted by atomic mass is 9.73. The molecule has 1 aliphatic heterocycles. The van der Waals surface area contributed by atoms with Gasteiger partial charge in [0.1, 0.15) is 0 Å². The second-order valence-electron chi connectivity index (χ2n) is 7.37. The zero-order valence-corrected chi connectivity index (χ0v) is 12.5. The molecule has 3 nitrogen and oxygen atoms in total. The van der Waals surface area contributed by atoms with Crippen molar-refractivity contribution in [1.82, 2.24) is 10.2 Å². The number of hydrogen-bond donors (Lipinski definition) is 2. The van der Waals surface area contributed by atoms with Gasteiger partial charge in [-0.2, -0.15) is 0 Å². The Labute approximate surface area is 112 Å². The minimum Gasteiger partial charge on any atom is -0.330 e. The van der Waals surface area contributed by atoms with Crippen LogP contribution in [0.2, 0.25) is 0 Å². The highest BCUT2D eigenvalue weighted by atomic mass is 15.1. The first-order chi connectivity index (χ1) is 8.47. The summed E-state index contributed by atoms with van der Waals surface area (Å²) < 4.78 is 0. The largest absolute Gasteiger partial charge is 0.330 e. The summed E-state index contributed by atoms with van der Waals surface area (Å²) in [6.45, 7) is 10.5. The molecule has 1 saturated heterocycles. The SMILES string of the molecule is CN1CCC(C(C)(C)CNCC2(CN)CC2)CC1. The fourth-order valence-corrected chi connectivity index (χ4v) is 3.21. The molecule has 0 amide bonds. The highest BCUT2D eigenvalue weighted by molar-refractivity contribution is 4.96. The van der Waals surface area contributed by atoms with Crippen LogP contribution in [0.3, 0.4) is 0 Å². The summed E-state index contributed by atoms with van der Waals surface area (Å²) >= 11 is 0. The van der Waals surface area contributed by atoms with Crippen molar-refractivity contribution in [3.8, 4) is 0 Å². The lowest BCUT2D eigenvalue weighted by molar-refractivity contribution is 0.112. The smallest absolute Gasteiger partial charge is 0.00201 e. The predicted molar refractivity (Wildman–Crippen MR) is 77.6 cm³/mol. The molecule has 3 heteroatoms. The van der Waals surface area contributed by atoms with E-state index in [-0.39, 0.29) is 0 Å². The number of nitrogens with zero attached hydrogens (tertiary/aromatic N) is 1. The first-order valence-electron chi connectivity index (χ1n) is 7.57. The number of likely N-dealkylation sites (tertiary alicyclic amines) is 1. The monoisotopic (exact) mass is 253 g/mol. The second kappa shape index (κ2) is 5.48. The highest BCUT2D eigenvalue weighted by Crippen LogP contribution is 2.44. The molecule has 3 N–H and O–H groups in total. The summed E-state index contributed by atoms with van der Waals surface area (Å²) in [6, 6.07) is 0. The minimum atomic E-state index is 0.423. The molecule has 0 aromatic rings. The summed E-state index contributed by atoms with van der Waals surface area (Å²) in [4.78, 5) is 2.45. The zero-order valence-electron chi connectivity index (χ0n) is 12.5. The third kappa shape index (κ3) is 3.46. The number of nitrogens with one attached hydrogen (secondary N) is 1. The molecule has 0 spiro atoms. The molecule has 2 rings (SSSR count). The van der Waals surface area contributed by atoms with Gasteiger partial charge in [-0.3, -0.25) is 0 Å². The summed E-state index contributed by atoms with van der Waals surface area (Å²) in [7, 11) is 2.24. The number of hydrogen-bond acceptors (Lipinski definition) is 3. The Morgan fingerprint density at radius 3 is 2.39 bits per heavy atom. The molecular weight excluding hydrogens is 222 g/mol. The normalized spacial score (nSPS) is 25.3. The molecular formula is C15H31N3. The summed E-state index contributed by atoms with van der Waals surface area (Å²) in [5, 5.41) is 3.69. The van der Waals surface area contributed by atoms with Gasteiger partial charge in [0.05, 0.1) is 0 Å². The summed E-state index contributed by atoms with van der Waals surface area (Å²) in [5.41, 5.74) is 6.71. The van der Waals surface area contributed by atoms with Crippen molar-refractivity contribution in [3.05, 3.63) is 0 Å². The van der Waals surface area contributed by atoms with E-state index in [1.807, 2.05) is 0 Å². The van der Waals surface area contributed by atoms with E-state index >= 15 is 0 Å². The van der Waals surface area contributed by atoms with Crippen molar-refractivity contribution in [1.29, 1.82) is 0 Å². The van der Waals surface area contributed by atoms with E-state index < -0.39 is 0 Å². The van der Waals surface area contributed by atoms with Crippen molar-refractivity contribution in [2.75, 3.05) is 39.8 Å². The van der Waals surface area contributed by atoms with E-state index in [1.165, 1.54) is 38.8 Å². The van der Waals surface area contributed by atoms with Crippen LogP contribution in [0.1, 0.15) is 39.5 Å². The van der Waals surface area contributed by atoms with E-state index in [9.17, 15) is 0 Å². The topological polar surface area (TPSA) is 41.3 Å². The Bertz CT molecular complexity index is 263. The first kappa shape index (κ1) is 14.3. The standard InChI is InChI=1S/C15H31N3/c1-14(2,13-4-8-18(3)9-5-13)11-17-12-15(10-16)6-7-15/h13,17H,4-12,16H2,1-3H3. The maximum absolute atomic E-state index is 5.83. The fraction of sp³-hybridized carbons (Fsp3) is 1.00. The van der Waals surface area contributed by atoms with E-state index in [1.54, 1.807) is 0 Å². The Hall–Kier alpha value is -0.120. The van der Waals surface area contributed by atoms with Gasteiger partial charge in [0.2, 0.25) is 0 Å². The van der Waals surface area contributed by atoms with Crippen LogP contribution in [-0.2, 0) is 0 Å². The van der Waals surface area contributed by atoms with Gasteiger partial charge in [0, 0.05) is 13.1 Å². The fourth-order valence-electron chi connectivity index (χ4n) is 3.21. The predicted octanol–water partition coefficient (Wildman–Crippen LogP) is 1.68. The molecule has 2 fully saturated rings. The minimum absolute atomic E-state index is 0.423. The molecule has 1 saturated carbocycles. The van der Waals surface area contributed by atoms with E-state index in [0.29, 0.717) is 10.8 Å². The van der Waals surface area contributed by atoms with Crippen LogP contribution < -0.4 is 11.1 Å². The Morgan fingerprint density at radius 1 is 1.28 bits per heavy atom. The van der Waals surface area contributed by atoms with Crippen LogP contribution in [0.15, 0.2) is 0 Å². The molecule has 18 heavy (non-hydrogen) atoms. The third-order valence-electron chi connectivity index (χ3n) is 5.29. The zero-order chi connectivity index (χ0) is 13.2. The molecule has 0 bridgehead atoms. The van der Waals surface area contributed by atoms with Gasteiger partial charge in [-0.1, -0.05) is 13.8 Å². The molecule has 2 aliphatic rings. The maximum Gasteiger partial charge on any atom is 0.00201 e. The molecule has 0 atom stereocenters. The van der Waals surface area contributed by atoms with E-state index in [2.05, 4.69) is 31.1 Å². The average Bonchev–Trinajstić information content (AvgIpc) is 3.10. The third-order valence-corrected chi connectivity index (χ3v) is 5.29. The molecule has 0 radical (unpaired) electrons. The van der Waals surface area contributed by atoms with Gasteiger partial charge in [0.25, 0.3) is 0 Å². The van der Waals surface area contributed by atoms with Gasteiger partial charge in [-0.25, -0.2) is 0 Å². The Balaban J connectivity index is 1.73. The molecule has 0 aromatic heterocycles. The average molecular weight is 253 g/mol. The van der Waals surface area contributed by atoms with Crippen LogP contribution in [0, 0.1) is 16.7 Å². The lowest BCUT2D eigenvalue weighted by Gasteiger charge is -2.40. The molecule has 1 heterocycles. The van der Waals surface area contributed by atoms with Crippen molar-refractivity contribution >= 4 is 0 Å². The van der Waals surface area contributed by atoms with Gasteiger partial charge >= 0.3 is 0 Å². The molecule has 0 aromatic carbocycles. The van der Waals surface area contributed by atoms with Crippen molar-refractivity contribution in [2.24, 2.45) is 22.5 Å². The molecule has 0 unspecified atom stereocenters. The van der Waals surface area contributed by atoms with E-state index in [0.717, 1.165) is 25.6 Å². The quantitative estimate of drug-likeness (QED) is 0.757. The van der Waals surface area contributed by atoms with Crippen LogP contribution in [0.4, 0.5) is 0 Å². The van der Waals surface area contributed by atoms with E-state index in [4.69, 9.17) is 5.73 Å². The number of nitrogens with two attached hydrogens (primary N) is 1. The lowest BCUT2D eigenvalue weighted by Crippen LogP contribution is -2.43. The number of piperidine rings is 1. The molecule has 106 valence electrons. The van der Waals surface area contributed by atoms with Gasteiger partial charge in [0.15, 0.2) is 0 Å². The number of rotatable bonds is 6. The van der Waals surface area contributed by atoms with Crippen LogP contribution in [0.25, 0.3) is 0 Å². The Kier molecular flexibility index (Phi) is 4.35. The van der Waals surface area contributed by atoms with Crippen molar-refractivity contribution in [3.63, 3.8) is 0 Å². The van der Waals surface area contributed by atoms with Gasteiger partial charge < -0.3 is 16.0 Å². The van der Waals surface area contributed by atoms with Crippen LogP contribution >= 0.6 is 0 Å². The Morgan fingerprint density at radius 2 is 1.89 bits per heavy atom. The van der Waals surface area contributed by atoms with Gasteiger partial charge in [-0.15, -0.1) is 0 Å². The summed E-state index contributed by atoms with van der Waals surface area (Å²) in [5.74, 6) is 0.870. The van der Waals surface area contributed by atoms with Gasteiger partial charge in [-0.05, 0) is 69.1 Å².